The molecule has 178 valence electrons. The lowest BCUT2D eigenvalue weighted by Gasteiger charge is -2.54. The largest absolute Gasteiger partial charge is 0.395 e. The van der Waals surface area contributed by atoms with E-state index in [1.807, 2.05) is 0 Å². The van der Waals surface area contributed by atoms with Gasteiger partial charge in [0.25, 0.3) is 0 Å². The van der Waals surface area contributed by atoms with Gasteiger partial charge in [0.2, 0.25) is 0 Å². The molecular weight excluding hydrogens is 402 g/mol. The third kappa shape index (κ3) is 4.87. The summed E-state index contributed by atoms with van der Waals surface area (Å²) >= 11 is 0. The summed E-state index contributed by atoms with van der Waals surface area (Å²) < 4.78 is 0. The van der Waals surface area contributed by atoms with Gasteiger partial charge in [-0.05, 0) is 48.9 Å². The van der Waals surface area contributed by atoms with Crippen molar-refractivity contribution < 1.29 is 14.7 Å². The molecule has 32 heavy (non-hydrogen) atoms. The van der Waals surface area contributed by atoms with Crippen molar-refractivity contribution in [3.63, 3.8) is 0 Å². The third-order valence-electron chi connectivity index (χ3n) is 8.65. The average molecular weight is 444 g/mol. The number of piperazine rings is 1. The number of ketones is 2. The Morgan fingerprint density at radius 1 is 1.12 bits per heavy atom. The minimum absolute atomic E-state index is 0.00301. The number of carbonyl (C=O) groups excluding carboxylic acids is 2. The van der Waals surface area contributed by atoms with Crippen molar-refractivity contribution in [2.45, 2.75) is 51.9 Å². The molecule has 1 saturated heterocycles. The van der Waals surface area contributed by atoms with E-state index >= 15 is 0 Å². The highest BCUT2D eigenvalue weighted by molar-refractivity contribution is 6.21. The molecule has 0 aromatic rings. The van der Waals surface area contributed by atoms with Crippen LogP contribution in [0.25, 0.3) is 0 Å². The van der Waals surface area contributed by atoms with Crippen LogP contribution in [0.3, 0.4) is 0 Å². The first-order valence-corrected chi connectivity index (χ1v) is 12.7. The first-order chi connectivity index (χ1) is 15.4. The van der Waals surface area contributed by atoms with Crippen LogP contribution in [0, 0.1) is 23.2 Å². The lowest BCUT2D eigenvalue weighted by molar-refractivity contribution is -0.128. The van der Waals surface area contributed by atoms with E-state index in [0.717, 1.165) is 58.7 Å². The molecule has 0 aromatic carbocycles. The molecule has 4 rings (SSSR count). The number of Topliss-reactive ketones (excluding diaryl/α,β-unsaturated/α-hetero) is 2. The van der Waals surface area contributed by atoms with Gasteiger partial charge in [-0.1, -0.05) is 25.5 Å². The molecule has 1 aliphatic heterocycles. The first-order valence-electron chi connectivity index (χ1n) is 12.7. The van der Waals surface area contributed by atoms with Gasteiger partial charge in [-0.2, -0.15) is 0 Å². The zero-order chi connectivity index (χ0) is 22.7. The summed E-state index contributed by atoms with van der Waals surface area (Å²) in [6, 6.07) is 0. The Morgan fingerprint density at radius 3 is 2.44 bits per heavy atom. The van der Waals surface area contributed by atoms with Crippen LogP contribution in [-0.4, -0.2) is 78.9 Å². The lowest BCUT2D eigenvalue weighted by atomic mass is 9.50. The zero-order valence-electron chi connectivity index (χ0n) is 19.8. The van der Waals surface area contributed by atoms with Gasteiger partial charge in [-0.25, -0.2) is 0 Å². The highest BCUT2D eigenvalue weighted by Crippen LogP contribution is 2.59. The number of rotatable bonds is 7. The molecule has 3 aliphatic carbocycles. The molecule has 0 radical (unpaired) electrons. The predicted octanol–water partition coefficient (Wildman–Crippen LogP) is 2.39. The number of carbonyl (C=O) groups is 2. The number of β-amino-alcohol motifs (C(OH)–C–C–N with tert-alkyl or cyclic N) is 1. The second-order valence-corrected chi connectivity index (χ2v) is 10.7. The van der Waals surface area contributed by atoms with Gasteiger partial charge in [0.15, 0.2) is 11.6 Å². The van der Waals surface area contributed by atoms with Crippen LogP contribution in [0.1, 0.15) is 51.9 Å². The van der Waals surface area contributed by atoms with Crippen LogP contribution in [0.2, 0.25) is 0 Å². The van der Waals surface area contributed by atoms with Gasteiger partial charge < -0.3 is 10.4 Å². The van der Waals surface area contributed by atoms with Crippen molar-refractivity contribution in [3.8, 4) is 0 Å². The minimum atomic E-state index is 0.00301. The Kier molecular flexibility index (Phi) is 7.53. The predicted molar refractivity (Wildman–Crippen MR) is 126 cm³/mol. The molecule has 4 aliphatic rings. The molecule has 2 N–H and O–H groups in total. The second kappa shape index (κ2) is 10.2. The minimum Gasteiger partial charge on any atom is -0.395 e. The van der Waals surface area contributed by atoms with Crippen LogP contribution in [0.15, 0.2) is 23.9 Å². The van der Waals surface area contributed by atoms with Crippen LogP contribution < -0.4 is 5.32 Å². The van der Waals surface area contributed by atoms with E-state index in [1.54, 1.807) is 6.20 Å². The van der Waals surface area contributed by atoms with E-state index in [1.165, 1.54) is 24.8 Å². The summed E-state index contributed by atoms with van der Waals surface area (Å²) in [5.41, 5.74) is 1.72. The number of allylic oxidation sites excluding steroid dienone is 2. The zero-order valence-corrected chi connectivity index (χ0v) is 19.8. The summed E-state index contributed by atoms with van der Waals surface area (Å²) in [6.45, 7) is 13.3. The fraction of sp³-hybridized carbons (Fsp3) is 0.769. The summed E-state index contributed by atoms with van der Waals surface area (Å²) in [7, 11) is 0. The van der Waals surface area contributed by atoms with Crippen molar-refractivity contribution in [2.75, 3.05) is 52.4 Å². The van der Waals surface area contributed by atoms with E-state index in [-0.39, 0.29) is 29.5 Å². The van der Waals surface area contributed by atoms with Crippen LogP contribution in [0.5, 0.6) is 0 Å². The Balaban J connectivity index is 1.30. The van der Waals surface area contributed by atoms with Gasteiger partial charge >= 0.3 is 0 Å². The van der Waals surface area contributed by atoms with E-state index in [4.69, 9.17) is 5.11 Å². The summed E-state index contributed by atoms with van der Waals surface area (Å²) in [6.07, 6.45) is 8.51. The Hall–Kier alpha value is -1.50. The average Bonchev–Trinajstić information content (AvgIpc) is 2.75. The monoisotopic (exact) mass is 443 g/mol. The highest BCUT2D eigenvalue weighted by Gasteiger charge is 2.51. The summed E-state index contributed by atoms with van der Waals surface area (Å²) in [5.74, 6) is 1.40. The third-order valence-corrected chi connectivity index (χ3v) is 8.65. The van der Waals surface area contributed by atoms with E-state index in [9.17, 15) is 9.59 Å². The first kappa shape index (κ1) is 23.7. The van der Waals surface area contributed by atoms with E-state index in [0.29, 0.717) is 30.3 Å². The van der Waals surface area contributed by atoms with Crippen molar-refractivity contribution in [1.29, 1.82) is 0 Å². The normalized spacial score (nSPS) is 34.6. The molecule has 2 bridgehead atoms. The van der Waals surface area contributed by atoms with Gasteiger partial charge in [0.1, 0.15) is 0 Å². The maximum atomic E-state index is 13.0. The van der Waals surface area contributed by atoms with E-state index in [2.05, 4.69) is 28.6 Å². The fourth-order valence-electron chi connectivity index (χ4n) is 6.94. The number of hydrogen-bond donors (Lipinski definition) is 2. The smallest absolute Gasteiger partial charge is 0.168 e. The van der Waals surface area contributed by atoms with Gasteiger partial charge in [-0.15, -0.1) is 0 Å². The van der Waals surface area contributed by atoms with Crippen molar-refractivity contribution in [2.24, 2.45) is 23.2 Å². The lowest BCUT2D eigenvalue weighted by Crippen LogP contribution is -2.48. The van der Waals surface area contributed by atoms with Crippen molar-refractivity contribution in [1.82, 2.24) is 15.1 Å². The SMILES string of the molecule is C=C1[C@H]2CCC[C@]1(C1CC(=O)C(=CNCCN3CCN(CCO)CC3)C(=O)C1)C[C@H](C)C2. The second-order valence-electron chi connectivity index (χ2n) is 10.7. The molecule has 0 unspecified atom stereocenters. The number of hydrogen-bond acceptors (Lipinski definition) is 6. The van der Waals surface area contributed by atoms with Crippen molar-refractivity contribution >= 4 is 11.6 Å². The fourth-order valence-corrected chi connectivity index (χ4v) is 6.94. The summed E-state index contributed by atoms with van der Waals surface area (Å²) in [5, 5.41) is 12.3. The molecule has 4 fully saturated rings. The Morgan fingerprint density at radius 2 is 1.78 bits per heavy atom. The topological polar surface area (TPSA) is 72.9 Å². The molecule has 0 aromatic heterocycles. The molecule has 1 heterocycles. The summed E-state index contributed by atoms with van der Waals surface area (Å²) in [4.78, 5) is 30.7. The van der Waals surface area contributed by atoms with Crippen molar-refractivity contribution in [3.05, 3.63) is 23.9 Å². The molecule has 3 atom stereocenters. The van der Waals surface area contributed by atoms with Gasteiger partial charge in [0, 0.05) is 64.9 Å². The number of nitrogens with zero attached hydrogens (tertiary/aromatic N) is 2. The number of aliphatic hydroxyl groups is 1. The maximum absolute atomic E-state index is 13.0. The molecule has 6 nitrogen and oxygen atoms in total. The van der Waals surface area contributed by atoms with Crippen LogP contribution in [0.4, 0.5) is 0 Å². The van der Waals surface area contributed by atoms with Gasteiger partial charge in [0.05, 0.1) is 12.2 Å². The van der Waals surface area contributed by atoms with Crippen LogP contribution >= 0.6 is 0 Å². The van der Waals surface area contributed by atoms with E-state index < -0.39 is 0 Å². The molecule has 6 heteroatoms. The Bertz CT molecular complexity index is 735. The molecule has 0 amide bonds. The molecule has 3 saturated carbocycles. The quantitative estimate of drug-likeness (QED) is 0.272. The number of fused-ring (bicyclic) bond motifs is 2. The van der Waals surface area contributed by atoms with Gasteiger partial charge in [-0.3, -0.25) is 19.4 Å². The Labute approximate surface area is 193 Å². The molecule has 0 spiro atoms. The van der Waals surface area contributed by atoms with Crippen LogP contribution in [-0.2, 0) is 9.59 Å². The molecular formula is C26H41N3O3. The standard InChI is InChI=1S/C26H41N3O3/c1-19-14-21-4-3-5-26(17-19,20(21)2)22-15-24(31)23(25(32)16-22)18-27-6-7-28-8-10-29(11-9-28)12-13-30/h18-19,21-22,27,30H,2-17H2,1H3/t19-,21+,22?,26+/m1/s1. The number of nitrogens with one attached hydrogen (secondary N) is 1. The highest BCUT2D eigenvalue weighted by atomic mass is 16.3. The number of aliphatic hydroxyl groups excluding tert-OH is 1. The maximum Gasteiger partial charge on any atom is 0.168 e.